The maximum atomic E-state index is 4.50. The molecule has 0 bridgehead atoms. The van der Waals surface area contributed by atoms with Gasteiger partial charge < -0.3 is 0 Å². The molecule has 1 aliphatic rings. The maximum Gasteiger partial charge on any atom is 0.0408 e. The molecule has 1 heterocycles. The van der Waals surface area contributed by atoms with Crippen LogP contribution in [0.2, 0.25) is 0 Å². The minimum atomic E-state index is 0.693. The lowest BCUT2D eigenvalue weighted by Crippen LogP contribution is -2.17. The normalized spacial score (nSPS) is 18.7. The van der Waals surface area contributed by atoms with Crippen molar-refractivity contribution in [2.75, 3.05) is 0 Å². The maximum absolute atomic E-state index is 4.50. The van der Waals surface area contributed by atoms with Crippen LogP contribution < -0.4 is 0 Å². The molecule has 1 saturated carbocycles. The standard InChI is InChI=1S/C18H29N/c1-14(2)11-18-13-16(9-10-19-18)12-15(3)17-7-5-4-6-8-17/h9-10,13-15,17H,4-8,11-12H2,1-3H3. The van der Waals surface area contributed by atoms with Crippen molar-refractivity contribution in [3.8, 4) is 0 Å². The summed E-state index contributed by atoms with van der Waals surface area (Å²) >= 11 is 0. The van der Waals surface area contributed by atoms with E-state index >= 15 is 0 Å². The molecule has 1 atom stereocenters. The Morgan fingerprint density at radius 1 is 1.11 bits per heavy atom. The Morgan fingerprint density at radius 2 is 1.84 bits per heavy atom. The molecule has 1 unspecified atom stereocenters. The third-order valence-corrected chi connectivity index (χ3v) is 4.51. The average molecular weight is 259 g/mol. The summed E-state index contributed by atoms with van der Waals surface area (Å²) in [6.07, 6.45) is 11.6. The number of nitrogens with zero attached hydrogens (tertiary/aromatic N) is 1. The molecule has 1 aromatic heterocycles. The smallest absolute Gasteiger partial charge is 0.0408 e. The predicted octanol–water partition coefficient (Wildman–Crippen LogP) is 5.04. The highest BCUT2D eigenvalue weighted by atomic mass is 14.7. The van der Waals surface area contributed by atoms with Crippen LogP contribution in [0.1, 0.15) is 64.1 Å². The van der Waals surface area contributed by atoms with Gasteiger partial charge in [0.25, 0.3) is 0 Å². The van der Waals surface area contributed by atoms with Crippen molar-refractivity contribution in [2.24, 2.45) is 17.8 Å². The molecule has 1 nitrogen and oxygen atoms in total. The van der Waals surface area contributed by atoms with Gasteiger partial charge in [-0.3, -0.25) is 4.98 Å². The zero-order chi connectivity index (χ0) is 13.7. The Hall–Kier alpha value is -0.850. The molecular formula is C18H29N. The van der Waals surface area contributed by atoms with Gasteiger partial charge >= 0.3 is 0 Å². The molecule has 0 saturated heterocycles. The van der Waals surface area contributed by atoms with E-state index in [1.165, 1.54) is 49.8 Å². The third kappa shape index (κ3) is 4.63. The highest BCUT2D eigenvalue weighted by Gasteiger charge is 2.20. The number of pyridine rings is 1. The molecule has 0 radical (unpaired) electrons. The molecule has 1 fully saturated rings. The van der Waals surface area contributed by atoms with Crippen LogP contribution in [0.25, 0.3) is 0 Å². The van der Waals surface area contributed by atoms with Crippen molar-refractivity contribution < 1.29 is 0 Å². The van der Waals surface area contributed by atoms with Gasteiger partial charge in [0.2, 0.25) is 0 Å². The van der Waals surface area contributed by atoms with Crippen LogP contribution in [0.5, 0.6) is 0 Å². The van der Waals surface area contributed by atoms with Crippen molar-refractivity contribution in [2.45, 2.75) is 65.7 Å². The fourth-order valence-corrected chi connectivity index (χ4v) is 3.43. The lowest BCUT2D eigenvalue weighted by molar-refractivity contribution is 0.262. The van der Waals surface area contributed by atoms with Crippen molar-refractivity contribution >= 4 is 0 Å². The molecular weight excluding hydrogens is 230 g/mol. The fourth-order valence-electron chi connectivity index (χ4n) is 3.43. The first kappa shape index (κ1) is 14.6. The summed E-state index contributed by atoms with van der Waals surface area (Å²) in [7, 11) is 0. The molecule has 0 amide bonds. The molecule has 0 N–H and O–H groups in total. The van der Waals surface area contributed by atoms with Crippen molar-refractivity contribution in [3.05, 3.63) is 29.6 Å². The summed E-state index contributed by atoms with van der Waals surface area (Å²) in [4.78, 5) is 4.50. The topological polar surface area (TPSA) is 12.9 Å². The van der Waals surface area contributed by atoms with E-state index in [-0.39, 0.29) is 0 Å². The predicted molar refractivity (Wildman–Crippen MR) is 82.2 cm³/mol. The second kappa shape index (κ2) is 7.07. The van der Waals surface area contributed by atoms with Crippen LogP contribution in [0.4, 0.5) is 0 Å². The van der Waals surface area contributed by atoms with E-state index in [0.717, 1.165) is 18.3 Å². The first-order chi connectivity index (χ1) is 9.15. The van der Waals surface area contributed by atoms with E-state index in [1.54, 1.807) is 0 Å². The van der Waals surface area contributed by atoms with E-state index in [9.17, 15) is 0 Å². The molecule has 1 heteroatoms. The Kier molecular flexibility index (Phi) is 5.42. The summed E-state index contributed by atoms with van der Waals surface area (Å²) < 4.78 is 0. The largest absolute Gasteiger partial charge is 0.261 e. The number of hydrogen-bond donors (Lipinski definition) is 0. The van der Waals surface area contributed by atoms with E-state index in [1.807, 2.05) is 6.20 Å². The van der Waals surface area contributed by atoms with Gasteiger partial charge in [0.05, 0.1) is 0 Å². The molecule has 19 heavy (non-hydrogen) atoms. The lowest BCUT2D eigenvalue weighted by Gasteiger charge is -2.27. The number of hydrogen-bond acceptors (Lipinski definition) is 1. The summed E-state index contributed by atoms with van der Waals surface area (Å²) in [5.74, 6) is 2.48. The van der Waals surface area contributed by atoms with Gasteiger partial charge in [0.1, 0.15) is 0 Å². The third-order valence-electron chi connectivity index (χ3n) is 4.51. The van der Waals surface area contributed by atoms with Gasteiger partial charge in [-0.15, -0.1) is 0 Å². The molecule has 106 valence electrons. The van der Waals surface area contributed by atoms with Crippen molar-refractivity contribution in [3.63, 3.8) is 0 Å². The Morgan fingerprint density at radius 3 is 2.53 bits per heavy atom. The molecule has 2 rings (SSSR count). The zero-order valence-corrected chi connectivity index (χ0v) is 12.9. The van der Waals surface area contributed by atoms with Gasteiger partial charge in [-0.2, -0.15) is 0 Å². The second-order valence-corrected chi connectivity index (χ2v) is 6.83. The van der Waals surface area contributed by atoms with Crippen LogP contribution in [-0.4, -0.2) is 4.98 Å². The van der Waals surface area contributed by atoms with E-state index < -0.39 is 0 Å². The van der Waals surface area contributed by atoms with Gasteiger partial charge in [-0.25, -0.2) is 0 Å². The first-order valence-electron chi connectivity index (χ1n) is 8.09. The minimum Gasteiger partial charge on any atom is -0.261 e. The van der Waals surface area contributed by atoms with Crippen LogP contribution >= 0.6 is 0 Å². The first-order valence-corrected chi connectivity index (χ1v) is 8.09. The highest BCUT2D eigenvalue weighted by Crippen LogP contribution is 2.31. The van der Waals surface area contributed by atoms with Crippen molar-refractivity contribution in [1.29, 1.82) is 0 Å². The van der Waals surface area contributed by atoms with Gasteiger partial charge in [0.15, 0.2) is 0 Å². The Balaban J connectivity index is 1.93. The molecule has 0 aliphatic heterocycles. The lowest BCUT2D eigenvalue weighted by atomic mass is 9.78. The second-order valence-electron chi connectivity index (χ2n) is 6.83. The minimum absolute atomic E-state index is 0.693. The molecule has 0 aromatic carbocycles. The van der Waals surface area contributed by atoms with Crippen LogP contribution in [0.15, 0.2) is 18.3 Å². The fraction of sp³-hybridized carbons (Fsp3) is 0.722. The number of aromatic nitrogens is 1. The zero-order valence-electron chi connectivity index (χ0n) is 12.9. The Labute approximate surface area is 118 Å². The summed E-state index contributed by atoms with van der Waals surface area (Å²) in [6, 6.07) is 4.54. The Bertz CT molecular complexity index is 377. The molecule has 1 aliphatic carbocycles. The van der Waals surface area contributed by atoms with Crippen LogP contribution in [0.3, 0.4) is 0 Å². The molecule has 1 aromatic rings. The van der Waals surface area contributed by atoms with Crippen LogP contribution in [0, 0.1) is 17.8 Å². The van der Waals surface area contributed by atoms with Crippen LogP contribution in [-0.2, 0) is 12.8 Å². The van der Waals surface area contributed by atoms with E-state index in [4.69, 9.17) is 0 Å². The highest BCUT2D eigenvalue weighted by molar-refractivity contribution is 5.17. The molecule has 0 spiro atoms. The summed E-state index contributed by atoms with van der Waals surface area (Å²) in [5.41, 5.74) is 2.76. The van der Waals surface area contributed by atoms with E-state index in [2.05, 4.69) is 37.9 Å². The monoisotopic (exact) mass is 259 g/mol. The van der Waals surface area contributed by atoms with Crippen molar-refractivity contribution in [1.82, 2.24) is 4.98 Å². The van der Waals surface area contributed by atoms with Gasteiger partial charge in [0, 0.05) is 11.9 Å². The summed E-state index contributed by atoms with van der Waals surface area (Å²) in [5, 5.41) is 0. The number of rotatable bonds is 5. The van der Waals surface area contributed by atoms with E-state index in [0.29, 0.717) is 5.92 Å². The van der Waals surface area contributed by atoms with Gasteiger partial charge in [-0.1, -0.05) is 52.9 Å². The summed E-state index contributed by atoms with van der Waals surface area (Å²) in [6.45, 7) is 6.97. The quantitative estimate of drug-likeness (QED) is 0.722. The SMILES string of the molecule is CC(C)Cc1cc(CC(C)C2CCCCC2)ccn1. The average Bonchev–Trinajstić information content (AvgIpc) is 2.39. The van der Waals surface area contributed by atoms with Gasteiger partial charge in [-0.05, 0) is 48.3 Å².